The number of benzene rings is 1. The first-order valence-corrected chi connectivity index (χ1v) is 10.6. The first-order valence-electron chi connectivity index (χ1n) is 7.49. The minimum atomic E-state index is -2.02. The van der Waals surface area contributed by atoms with E-state index in [0.29, 0.717) is 12.8 Å². The van der Waals surface area contributed by atoms with E-state index >= 15 is 0 Å². The Kier molecular flexibility index (Phi) is 5.78. The van der Waals surface area contributed by atoms with E-state index in [9.17, 15) is 5.11 Å². The molecule has 21 heavy (non-hydrogen) atoms. The fourth-order valence-electron chi connectivity index (χ4n) is 2.25. The zero-order valence-corrected chi connectivity index (χ0v) is 15.5. The van der Waals surface area contributed by atoms with Crippen LogP contribution in [0.25, 0.3) is 0 Å². The molecule has 1 N–H and O–H groups in total. The van der Waals surface area contributed by atoms with E-state index in [1.807, 2.05) is 0 Å². The van der Waals surface area contributed by atoms with Crippen LogP contribution in [0.5, 0.6) is 0 Å². The van der Waals surface area contributed by atoms with E-state index in [2.05, 4.69) is 58.1 Å². The van der Waals surface area contributed by atoms with Crippen LogP contribution in [0.2, 0.25) is 13.1 Å². The maximum absolute atomic E-state index is 9.75. The summed E-state index contributed by atoms with van der Waals surface area (Å²) < 4.78 is 11.5. The highest BCUT2D eigenvalue weighted by Crippen LogP contribution is 2.23. The summed E-state index contributed by atoms with van der Waals surface area (Å²) in [6.07, 6.45) is 0.566. The van der Waals surface area contributed by atoms with Crippen LogP contribution in [0.1, 0.15) is 45.7 Å². The molecular formula is C17H30O3Si. The van der Waals surface area contributed by atoms with Gasteiger partial charge in [-0.25, -0.2) is 0 Å². The molecule has 120 valence electrons. The third-order valence-electron chi connectivity index (χ3n) is 3.04. The van der Waals surface area contributed by atoms with Crippen LogP contribution >= 0.6 is 0 Å². The van der Waals surface area contributed by atoms with Gasteiger partial charge in [-0.3, -0.25) is 0 Å². The minimum absolute atomic E-state index is 0.147. The molecule has 1 aromatic carbocycles. The van der Waals surface area contributed by atoms with Crippen molar-refractivity contribution in [1.29, 1.82) is 0 Å². The summed E-state index contributed by atoms with van der Waals surface area (Å²) in [5.74, 6) is -1.09. The molecule has 0 heterocycles. The van der Waals surface area contributed by atoms with Crippen LogP contribution in [0.15, 0.2) is 24.3 Å². The largest absolute Gasteiger partial charge is 0.389 e. The molecule has 0 unspecified atom stereocenters. The lowest BCUT2D eigenvalue weighted by Crippen LogP contribution is -2.44. The van der Waals surface area contributed by atoms with Gasteiger partial charge < -0.3 is 14.3 Å². The highest BCUT2D eigenvalue weighted by atomic mass is 28.4. The first-order chi connectivity index (χ1) is 9.39. The van der Waals surface area contributed by atoms with Gasteiger partial charge in [0.1, 0.15) is 5.79 Å². The Labute approximate surface area is 130 Å². The van der Waals surface area contributed by atoms with Crippen molar-refractivity contribution in [1.82, 2.24) is 0 Å². The van der Waals surface area contributed by atoms with Crippen molar-refractivity contribution in [2.24, 2.45) is 0 Å². The molecule has 0 spiro atoms. The maximum Gasteiger partial charge on any atom is 0.215 e. The van der Waals surface area contributed by atoms with Crippen molar-refractivity contribution in [3.05, 3.63) is 35.4 Å². The second-order valence-electron chi connectivity index (χ2n) is 7.75. The molecule has 0 aliphatic heterocycles. The van der Waals surface area contributed by atoms with E-state index in [4.69, 9.17) is 9.16 Å². The Morgan fingerprint density at radius 3 is 2.24 bits per heavy atom. The van der Waals surface area contributed by atoms with Gasteiger partial charge in [0.05, 0.1) is 12.8 Å². The van der Waals surface area contributed by atoms with E-state index in [1.165, 1.54) is 11.1 Å². The van der Waals surface area contributed by atoms with Gasteiger partial charge in [0.25, 0.3) is 0 Å². The molecule has 4 heteroatoms. The zero-order chi connectivity index (χ0) is 16.3. The van der Waals surface area contributed by atoms with Gasteiger partial charge >= 0.3 is 0 Å². The highest BCUT2D eigenvalue weighted by molar-refractivity contribution is 6.71. The second-order valence-corrected chi connectivity index (χ2v) is 11.8. The van der Waals surface area contributed by atoms with Gasteiger partial charge in [-0.2, -0.15) is 0 Å². The quantitative estimate of drug-likeness (QED) is 0.638. The average Bonchev–Trinajstić information content (AvgIpc) is 2.24. The number of ether oxygens (including phenoxy) is 1. The van der Waals surface area contributed by atoms with Crippen LogP contribution in [0.4, 0.5) is 0 Å². The van der Waals surface area contributed by atoms with Gasteiger partial charge in [-0.15, -0.1) is 0 Å². The number of hydrogen-bond acceptors (Lipinski definition) is 3. The van der Waals surface area contributed by atoms with Gasteiger partial charge in [0.2, 0.25) is 8.32 Å². The average molecular weight is 311 g/mol. The summed E-state index contributed by atoms with van der Waals surface area (Å²) >= 11 is 0. The van der Waals surface area contributed by atoms with Crippen molar-refractivity contribution in [2.45, 2.75) is 65.5 Å². The summed E-state index contributed by atoms with van der Waals surface area (Å²) in [6, 6.07) is 8.51. The third-order valence-corrected chi connectivity index (χ3v) is 4.99. The van der Waals surface area contributed by atoms with E-state index in [-0.39, 0.29) is 5.41 Å². The number of hydrogen-bond donors (Lipinski definition) is 1. The zero-order valence-electron chi connectivity index (χ0n) is 14.5. The molecule has 1 rings (SSSR count). The fourth-order valence-corrected chi connectivity index (χ4v) is 4.25. The van der Waals surface area contributed by atoms with Crippen molar-refractivity contribution in [3.63, 3.8) is 0 Å². The van der Waals surface area contributed by atoms with Gasteiger partial charge in [0.15, 0.2) is 0 Å². The normalized spacial score (nSPS) is 13.5. The minimum Gasteiger partial charge on any atom is -0.389 e. The van der Waals surface area contributed by atoms with Crippen molar-refractivity contribution in [2.75, 3.05) is 6.23 Å². The van der Waals surface area contributed by atoms with Crippen molar-refractivity contribution in [3.8, 4) is 0 Å². The Bertz CT molecular complexity index is 456. The lowest BCUT2D eigenvalue weighted by molar-refractivity contribution is -0.115. The topological polar surface area (TPSA) is 38.7 Å². The van der Waals surface area contributed by atoms with Crippen LogP contribution in [-0.2, 0) is 21.2 Å². The summed E-state index contributed by atoms with van der Waals surface area (Å²) in [7, 11) is -2.02. The molecule has 0 amide bonds. The van der Waals surface area contributed by atoms with Crippen molar-refractivity contribution >= 4 is 8.32 Å². The maximum atomic E-state index is 9.75. The van der Waals surface area contributed by atoms with Gasteiger partial charge in [-0.05, 0) is 43.5 Å². The smallest absolute Gasteiger partial charge is 0.215 e. The first kappa shape index (κ1) is 18.4. The van der Waals surface area contributed by atoms with Crippen LogP contribution < -0.4 is 0 Å². The number of aliphatic hydroxyl groups is 1. The fraction of sp³-hybridized carbons (Fsp3) is 0.647. The Morgan fingerprint density at radius 2 is 1.71 bits per heavy atom. The second kappa shape index (κ2) is 6.61. The molecule has 0 saturated carbocycles. The lowest BCUT2D eigenvalue weighted by atomic mass is 9.86. The molecule has 0 bridgehead atoms. The van der Waals surface area contributed by atoms with Gasteiger partial charge in [0, 0.05) is 0 Å². The van der Waals surface area contributed by atoms with E-state index in [1.54, 1.807) is 13.8 Å². The molecule has 1 aromatic rings. The van der Waals surface area contributed by atoms with Crippen molar-refractivity contribution < 1.29 is 14.3 Å². The molecule has 0 fully saturated rings. The highest BCUT2D eigenvalue weighted by Gasteiger charge is 2.30. The summed E-state index contributed by atoms with van der Waals surface area (Å²) in [5, 5.41) is 9.75. The molecule has 0 aromatic heterocycles. The summed E-state index contributed by atoms with van der Waals surface area (Å²) in [5.41, 5.74) is 2.64. The SMILES string of the molecule is CC(C)(O)O[Si](C)(C)COCc1cccc(C(C)(C)C)c1. The van der Waals surface area contributed by atoms with Crippen LogP contribution in [0.3, 0.4) is 0 Å². The van der Waals surface area contributed by atoms with Crippen LogP contribution in [-0.4, -0.2) is 25.4 Å². The predicted molar refractivity (Wildman–Crippen MR) is 89.7 cm³/mol. The molecule has 3 nitrogen and oxygen atoms in total. The molecule has 0 radical (unpaired) electrons. The third kappa shape index (κ3) is 7.22. The van der Waals surface area contributed by atoms with E-state index in [0.717, 1.165) is 0 Å². The Balaban J connectivity index is 2.57. The molecular weight excluding hydrogens is 280 g/mol. The molecule has 0 atom stereocenters. The predicted octanol–water partition coefficient (Wildman–Crippen LogP) is 3.99. The molecule has 0 aliphatic rings. The van der Waals surface area contributed by atoms with Crippen LogP contribution in [0, 0.1) is 0 Å². The Morgan fingerprint density at radius 1 is 1.10 bits per heavy atom. The monoisotopic (exact) mass is 310 g/mol. The molecule has 0 aliphatic carbocycles. The van der Waals surface area contributed by atoms with E-state index < -0.39 is 14.1 Å². The van der Waals surface area contributed by atoms with Gasteiger partial charge in [-0.1, -0.05) is 45.0 Å². The summed E-state index contributed by atoms with van der Waals surface area (Å²) in [4.78, 5) is 0. The lowest BCUT2D eigenvalue weighted by Gasteiger charge is -2.30. The summed E-state index contributed by atoms with van der Waals surface area (Å²) in [6.45, 7) is 14.6. The standard InChI is InChI=1S/C17H30O3Si/c1-16(2,3)15-10-8-9-14(11-15)12-19-13-21(6,7)20-17(4,5)18/h8-11,18H,12-13H2,1-7H3. The number of rotatable bonds is 6. The Hall–Kier alpha value is -0.683. The molecule has 0 saturated heterocycles.